The van der Waals surface area contributed by atoms with Gasteiger partial charge in [0, 0.05) is 39.5 Å². The molecule has 28 heavy (non-hydrogen) atoms. The summed E-state index contributed by atoms with van der Waals surface area (Å²) in [6.45, 7) is 0.360. The first-order valence-corrected chi connectivity index (χ1v) is 9.67. The van der Waals surface area contributed by atoms with Crippen LogP contribution >= 0.6 is 23.2 Å². The zero-order valence-electron chi connectivity index (χ0n) is 14.9. The van der Waals surface area contributed by atoms with E-state index >= 15 is 0 Å². The van der Waals surface area contributed by atoms with Crippen LogP contribution in [0.4, 0.5) is 0 Å². The molecule has 0 aliphatic carbocycles. The lowest BCUT2D eigenvalue weighted by atomic mass is 9.88. The number of benzene rings is 2. The first-order chi connectivity index (χ1) is 13.6. The summed E-state index contributed by atoms with van der Waals surface area (Å²) in [7, 11) is 0. The summed E-state index contributed by atoms with van der Waals surface area (Å²) < 4.78 is 5.28. The van der Waals surface area contributed by atoms with Gasteiger partial charge in [-0.3, -0.25) is 4.79 Å². The molecule has 0 aliphatic rings. The molecule has 2 aromatic carbocycles. The molecule has 6 heteroatoms. The van der Waals surface area contributed by atoms with Crippen molar-refractivity contribution in [2.45, 2.75) is 18.9 Å². The van der Waals surface area contributed by atoms with Crippen molar-refractivity contribution >= 4 is 40.0 Å². The minimum absolute atomic E-state index is 0.0623. The highest BCUT2D eigenvalue weighted by Crippen LogP contribution is 2.35. The first-order valence-electron chi connectivity index (χ1n) is 8.91. The van der Waals surface area contributed by atoms with Gasteiger partial charge in [-0.2, -0.15) is 0 Å². The number of rotatable bonds is 6. The molecule has 0 saturated carbocycles. The van der Waals surface area contributed by atoms with E-state index in [0.717, 1.165) is 27.8 Å². The van der Waals surface area contributed by atoms with Crippen LogP contribution in [0.5, 0.6) is 0 Å². The number of carbonyl (C=O) groups is 1. The fourth-order valence-corrected chi connectivity index (χ4v) is 3.66. The maximum Gasteiger partial charge on any atom is 0.221 e. The molecule has 0 saturated heterocycles. The van der Waals surface area contributed by atoms with Crippen molar-refractivity contribution in [2.75, 3.05) is 0 Å². The highest BCUT2D eigenvalue weighted by molar-refractivity contribution is 6.31. The Morgan fingerprint density at radius 3 is 2.61 bits per heavy atom. The number of halogens is 2. The lowest BCUT2D eigenvalue weighted by Crippen LogP contribution is -2.24. The molecule has 0 fully saturated rings. The second kappa shape index (κ2) is 8.13. The van der Waals surface area contributed by atoms with Gasteiger partial charge in [-0.1, -0.05) is 35.3 Å². The van der Waals surface area contributed by atoms with E-state index < -0.39 is 0 Å². The molecule has 2 heterocycles. The van der Waals surface area contributed by atoms with E-state index in [1.54, 1.807) is 12.3 Å². The fourth-order valence-electron chi connectivity index (χ4n) is 3.36. The topological polar surface area (TPSA) is 58.0 Å². The zero-order valence-corrected chi connectivity index (χ0v) is 16.4. The van der Waals surface area contributed by atoms with Gasteiger partial charge in [0.25, 0.3) is 0 Å². The second-order valence-electron chi connectivity index (χ2n) is 6.60. The van der Waals surface area contributed by atoms with E-state index in [2.05, 4.69) is 10.3 Å². The van der Waals surface area contributed by atoms with E-state index in [-0.39, 0.29) is 11.8 Å². The van der Waals surface area contributed by atoms with Crippen LogP contribution in [0.1, 0.15) is 29.2 Å². The maximum absolute atomic E-state index is 12.7. The Kier molecular flexibility index (Phi) is 5.42. The molecule has 0 aliphatic heterocycles. The third-order valence-corrected chi connectivity index (χ3v) is 5.24. The summed E-state index contributed by atoms with van der Waals surface area (Å²) in [6, 6.07) is 16.9. The predicted molar refractivity (Wildman–Crippen MR) is 112 cm³/mol. The van der Waals surface area contributed by atoms with Gasteiger partial charge in [-0.15, -0.1) is 0 Å². The number of hydrogen-bond acceptors (Lipinski definition) is 2. The van der Waals surface area contributed by atoms with Gasteiger partial charge in [0.05, 0.1) is 12.8 Å². The van der Waals surface area contributed by atoms with E-state index in [4.69, 9.17) is 27.6 Å². The summed E-state index contributed by atoms with van der Waals surface area (Å²) in [6.07, 6.45) is 3.83. The molecule has 2 aromatic heterocycles. The van der Waals surface area contributed by atoms with Crippen molar-refractivity contribution in [1.82, 2.24) is 10.3 Å². The number of aromatic amines is 1. The Balaban J connectivity index is 1.64. The van der Waals surface area contributed by atoms with Crippen LogP contribution in [0.3, 0.4) is 0 Å². The Morgan fingerprint density at radius 1 is 1.07 bits per heavy atom. The van der Waals surface area contributed by atoms with Gasteiger partial charge in [0.1, 0.15) is 5.76 Å². The largest absolute Gasteiger partial charge is 0.467 e. The zero-order chi connectivity index (χ0) is 19.5. The monoisotopic (exact) mass is 412 g/mol. The highest BCUT2D eigenvalue weighted by Gasteiger charge is 2.22. The second-order valence-corrected chi connectivity index (χ2v) is 7.47. The third kappa shape index (κ3) is 4.08. The number of fused-ring (bicyclic) bond motifs is 1. The molecule has 4 nitrogen and oxygen atoms in total. The number of H-pyrrole nitrogens is 1. The van der Waals surface area contributed by atoms with Gasteiger partial charge in [-0.05, 0) is 53.6 Å². The van der Waals surface area contributed by atoms with Crippen molar-refractivity contribution in [3.63, 3.8) is 0 Å². The highest BCUT2D eigenvalue weighted by atomic mass is 35.5. The molecule has 2 N–H and O–H groups in total. The smallest absolute Gasteiger partial charge is 0.221 e. The van der Waals surface area contributed by atoms with Crippen LogP contribution in [0.15, 0.2) is 71.5 Å². The van der Waals surface area contributed by atoms with Crippen molar-refractivity contribution in [1.29, 1.82) is 0 Å². The Morgan fingerprint density at radius 2 is 1.86 bits per heavy atom. The van der Waals surface area contributed by atoms with Crippen molar-refractivity contribution in [3.05, 3.63) is 94.0 Å². The summed E-state index contributed by atoms with van der Waals surface area (Å²) in [5, 5.41) is 5.25. The maximum atomic E-state index is 12.7. The molecule has 0 bridgehead atoms. The summed E-state index contributed by atoms with van der Waals surface area (Å²) >= 11 is 12.3. The number of hydrogen-bond donors (Lipinski definition) is 2. The van der Waals surface area contributed by atoms with Gasteiger partial charge in [0.2, 0.25) is 5.91 Å². The Hall–Kier alpha value is -2.69. The van der Waals surface area contributed by atoms with Crippen LogP contribution in [0, 0.1) is 0 Å². The predicted octanol–water partition coefficient (Wildman–Crippen LogP) is 5.91. The average molecular weight is 413 g/mol. The first kappa shape index (κ1) is 18.7. The van der Waals surface area contributed by atoms with Crippen molar-refractivity contribution < 1.29 is 9.21 Å². The molecule has 0 radical (unpaired) electrons. The van der Waals surface area contributed by atoms with Crippen LogP contribution in [-0.2, 0) is 11.3 Å². The van der Waals surface area contributed by atoms with Crippen LogP contribution in [-0.4, -0.2) is 10.9 Å². The van der Waals surface area contributed by atoms with Crippen LogP contribution in [0.25, 0.3) is 10.9 Å². The number of aromatic nitrogens is 1. The SMILES string of the molecule is O=C(C[C@H](c1ccc(Cl)cc1)c1c[nH]c2ccc(Cl)cc12)NCc1ccco1. The van der Waals surface area contributed by atoms with Crippen LogP contribution in [0.2, 0.25) is 10.0 Å². The number of carbonyl (C=O) groups excluding carboxylic acids is 1. The van der Waals surface area contributed by atoms with E-state index in [0.29, 0.717) is 23.0 Å². The van der Waals surface area contributed by atoms with Gasteiger partial charge < -0.3 is 14.7 Å². The molecular weight excluding hydrogens is 395 g/mol. The normalized spacial score (nSPS) is 12.2. The lowest BCUT2D eigenvalue weighted by Gasteiger charge is -2.17. The van der Waals surface area contributed by atoms with Crippen molar-refractivity contribution in [3.8, 4) is 0 Å². The summed E-state index contributed by atoms with van der Waals surface area (Å²) in [5.74, 6) is 0.518. The quantitative estimate of drug-likeness (QED) is 0.413. The van der Waals surface area contributed by atoms with E-state index in [1.807, 2.05) is 54.7 Å². The third-order valence-electron chi connectivity index (χ3n) is 4.75. The minimum Gasteiger partial charge on any atom is -0.467 e. The number of furan rings is 1. The molecule has 0 spiro atoms. The minimum atomic E-state index is -0.138. The number of amides is 1. The molecule has 142 valence electrons. The van der Waals surface area contributed by atoms with Gasteiger partial charge in [0.15, 0.2) is 0 Å². The Labute approximate surface area is 172 Å². The Bertz CT molecular complexity index is 1090. The van der Waals surface area contributed by atoms with Crippen molar-refractivity contribution in [2.24, 2.45) is 0 Å². The summed E-state index contributed by atoms with van der Waals surface area (Å²) in [5.41, 5.74) is 3.01. The van der Waals surface area contributed by atoms with Gasteiger partial charge >= 0.3 is 0 Å². The fraction of sp³-hybridized carbons (Fsp3) is 0.136. The molecule has 4 rings (SSSR count). The number of nitrogens with one attached hydrogen (secondary N) is 2. The molecule has 1 amide bonds. The summed E-state index contributed by atoms with van der Waals surface area (Å²) in [4.78, 5) is 15.9. The lowest BCUT2D eigenvalue weighted by molar-refractivity contribution is -0.121. The standard InChI is InChI=1S/C22H18Cl2N2O2/c23-15-5-3-14(4-6-15)18(11-22(27)26-12-17-2-1-9-28-17)20-13-25-21-8-7-16(24)10-19(20)21/h1-10,13,18,25H,11-12H2,(H,26,27)/t18-/m1/s1. The van der Waals surface area contributed by atoms with Crippen LogP contribution < -0.4 is 5.32 Å². The van der Waals surface area contributed by atoms with E-state index in [9.17, 15) is 4.79 Å². The van der Waals surface area contributed by atoms with Gasteiger partial charge in [-0.25, -0.2) is 0 Å². The molecule has 1 atom stereocenters. The molecule has 0 unspecified atom stereocenters. The molecular formula is C22H18Cl2N2O2. The van der Waals surface area contributed by atoms with E-state index in [1.165, 1.54) is 0 Å². The molecule has 4 aromatic rings. The average Bonchev–Trinajstić information content (AvgIpc) is 3.35.